The third-order valence-electron chi connectivity index (χ3n) is 4.14. The van der Waals surface area contributed by atoms with E-state index >= 15 is 0 Å². The number of benzene rings is 1. The molecule has 1 aromatic rings. The van der Waals surface area contributed by atoms with Crippen LogP contribution in [-0.2, 0) is 4.74 Å². The Morgan fingerprint density at radius 1 is 1.32 bits per heavy atom. The first-order chi connectivity index (χ1) is 9.05. The predicted molar refractivity (Wildman–Crippen MR) is 61.9 cm³/mol. The average Bonchev–Trinajstić information content (AvgIpc) is 2.97. The number of aliphatic hydroxyl groups is 1. The summed E-state index contributed by atoms with van der Waals surface area (Å²) in [5.41, 5.74) is -1.00. The molecule has 0 aliphatic carbocycles. The highest BCUT2D eigenvalue weighted by atomic mass is 19.1. The lowest BCUT2D eigenvalue weighted by molar-refractivity contribution is 0.00312. The molecule has 0 aromatic heterocycles. The van der Waals surface area contributed by atoms with Crippen LogP contribution in [0.1, 0.15) is 30.9 Å². The third kappa shape index (κ3) is 1.83. The Morgan fingerprint density at radius 3 is 2.47 bits per heavy atom. The molecule has 2 heterocycles. The van der Waals surface area contributed by atoms with Crippen LogP contribution in [-0.4, -0.2) is 17.3 Å². The van der Waals surface area contributed by atoms with Crippen LogP contribution in [0.5, 0.6) is 0 Å². The van der Waals surface area contributed by atoms with Crippen molar-refractivity contribution in [2.75, 3.05) is 0 Å². The van der Waals surface area contributed by atoms with Gasteiger partial charge in [0.1, 0.15) is 23.2 Å². The lowest BCUT2D eigenvalue weighted by Gasteiger charge is -2.33. The van der Waals surface area contributed by atoms with Gasteiger partial charge < -0.3 is 9.84 Å². The second-order valence-electron chi connectivity index (χ2n) is 5.29. The number of nitrogens with zero attached hydrogens (tertiary/aromatic N) is 1. The van der Waals surface area contributed by atoms with E-state index in [0.29, 0.717) is 12.8 Å². The third-order valence-corrected chi connectivity index (χ3v) is 4.14. The molecule has 1 aromatic carbocycles. The fourth-order valence-electron chi connectivity index (χ4n) is 3.24. The summed E-state index contributed by atoms with van der Waals surface area (Å²) in [5, 5.41) is 19.8. The molecule has 2 saturated heterocycles. The van der Waals surface area contributed by atoms with Crippen LogP contribution < -0.4 is 0 Å². The largest absolute Gasteiger partial charge is 0.387 e. The SMILES string of the molecule is N#CC1(C(O)c2cc(F)cc(F)c2)CC2CCC1O2. The standard InChI is InChI=1S/C14H13F2NO2/c15-9-3-8(4-10(16)5-9)13(18)14(7-17)6-11-1-2-12(14)19-11/h3-5,11-13,18H,1-2,6H2. The summed E-state index contributed by atoms with van der Waals surface area (Å²) in [6.07, 6.45) is 0.360. The Hall–Kier alpha value is -1.51. The van der Waals surface area contributed by atoms with E-state index in [4.69, 9.17) is 4.74 Å². The van der Waals surface area contributed by atoms with Gasteiger partial charge in [0.25, 0.3) is 0 Å². The number of aliphatic hydroxyl groups excluding tert-OH is 1. The van der Waals surface area contributed by atoms with Gasteiger partial charge >= 0.3 is 0 Å². The zero-order valence-electron chi connectivity index (χ0n) is 10.1. The van der Waals surface area contributed by atoms with Gasteiger partial charge in [-0.1, -0.05) is 0 Å². The van der Waals surface area contributed by atoms with Crippen LogP contribution >= 0.6 is 0 Å². The molecule has 0 saturated carbocycles. The molecule has 100 valence electrons. The predicted octanol–water partition coefficient (Wildman–Crippen LogP) is 2.46. The number of hydrogen-bond donors (Lipinski definition) is 1. The van der Waals surface area contributed by atoms with Crippen molar-refractivity contribution in [3.8, 4) is 6.07 Å². The van der Waals surface area contributed by atoms with Gasteiger partial charge in [0.15, 0.2) is 0 Å². The second-order valence-corrected chi connectivity index (χ2v) is 5.29. The zero-order valence-corrected chi connectivity index (χ0v) is 10.1. The fraction of sp³-hybridized carbons (Fsp3) is 0.500. The highest BCUT2D eigenvalue weighted by Crippen LogP contribution is 2.53. The Morgan fingerprint density at radius 2 is 2.00 bits per heavy atom. The molecule has 5 heteroatoms. The normalized spacial score (nSPS) is 34.2. The summed E-state index contributed by atoms with van der Waals surface area (Å²) in [4.78, 5) is 0. The van der Waals surface area contributed by atoms with Gasteiger partial charge in [-0.2, -0.15) is 5.26 Å². The van der Waals surface area contributed by atoms with E-state index in [2.05, 4.69) is 6.07 Å². The molecule has 0 amide bonds. The van der Waals surface area contributed by atoms with Gasteiger partial charge in [-0.05, 0) is 37.0 Å². The minimum Gasteiger partial charge on any atom is -0.387 e. The molecule has 0 spiro atoms. The number of nitriles is 1. The maximum absolute atomic E-state index is 13.2. The number of rotatable bonds is 2. The highest BCUT2D eigenvalue weighted by Gasteiger charge is 2.57. The topological polar surface area (TPSA) is 53.2 Å². The molecule has 0 radical (unpaired) electrons. The molecular weight excluding hydrogens is 252 g/mol. The first-order valence-corrected chi connectivity index (χ1v) is 6.26. The maximum Gasteiger partial charge on any atom is 0.126 e. The molecule has 2 bridgehead atoms. The van der Waals surface area contributed by atoms with Crippen molar-refractivity contribution in [3.05, 3.63) is 35.4 Å². The number of ether oxygens (including phenoxy) is 1. The summed E-state index contributed by atoms with van der Waals surface area (Å²) in [5.74, 6) is -1.52. The lowest BCUT2D eigenvalue weighted by atomic mass is 9.69. The molecule has 4 atom stereocenters. The summed E-state index contributed by atoms with van der Waals surface area (Å²) in [6.45, 7) is 0. The molecule has 19 heavy (non-hydrogen) atoms. The van der Waals surface area contributed by atoms with Crippen molar-refractivity contribution >= 4 is 0 Å². The number of hydrogen-bond acceptors (Lipinski definition) is 3. The fourth-order valence-corrected chi connectivity index (χ4v) is 3.24. The van der Waals surface area contributed by atoms with E-state index < -0.39 is 23.2 Å². The first kappa shape index (κ1) is 12.5. The summed E-state index contributed by atoms with van der Waals surface area (Å²) < 4.78 is 32.1. The van der Waals surface area contributed by atoms with Crippen LogP contribution in [0.2, 0.25) is 0 Å². The highest BCUT2D eigenvalue weighted by molar-refractivity contribution is 5.28. The van der Waals surface area contributed by atoms with Crippen molar-refractivity contribution in [2.45, 2.75) is 37.6 Å². The van der Waals surface area contributed by atoms with Gasteiger partial charge in [0, 0.05) is 6.07 Å². The van der Waals surface area contributed by atoms with E-state index in [9.17, 15) is 19.1 Å². The van der Waals surface area contributed by atoms with E-state index in [1.807, 2.05) is 0 Å². The molecule has 2 aliphatic rings. The minimum atomic E-state index is -1.24. The monoisotopic (exact) mass is 265 g/mol. The van der Waals surface area contributed by atoms with Gasteiger partial charge in [0.05, 0.1) is 18.3 Å². The molecule has 4 unspecified atom stereocenters. The van der Waals surface area contributed by atoms with E-state index in [1.165, 1.54) is 0 Å². The molecule has 3 rings (SSSR count). The van der Waals surface area contributed by atoms with Crippen LogP contribution in [0.25, 0.3) is 0 Å². The molecular formula is C14H13F2NO2. The van der Waals surface area contributed by atoms with Gasteiger partial charge in [-0.3, -0.25) is 0 Å². The first-order valence-electron chi connectivity index (χ1n) is 6.26. The van der Waals surface area contributed by atoms with E-state index in [-0.39, 0.29) is 17.8 Å². The van der Waals surface area contributed by atoms with Crippen LogP contribution in [0.4, 0.5) is 8.78 Å². The lowest BCUT2D eigenvalue weighted by Crippen LogP contribution is -2.37. The molecule has 1 N–H and O–H groups in total. The van der Waals surface area contributed by atoms with E-state index in [1.54, 1.807) is 0 Å². The Balaban J connectivity index is 1.98. The Labute approximate surface area is 109 Å². The molecule has 2 aliphatic heterocycles. The van der Waals surface area contributed by atoms with Crippen LogP contribution in [0, 0.1) is 28.4 Å². The zero-order chi connectivity index (χ0) is 13.6. The van der Waals surface area contributed by atoms with E-state index in [0.717, 1.165) is 24.6 Å². The van der Waals surface area contributed by atoms with Crippen molar-refractivity contribution in [1.29, 1.82) is 5.26 Å². The Bertz CT molecular complexity index is 537. The molecule has 2 fully saturated rings. The second kappa shape index (κ2) is 4.26. The van der Waals surface area contributed by atoms with Crippen molar-refractivity contribution in [3.63, 3.8) is 0 Å². The number of halogens is 2. The van der Waals surface area contributed by atoms with Gasteiger partial charge in [0.2, 0.25) is 0 Å². The Kier molecular flexibility index (Phi) is 2.80. The smallest absolute Gasteiger partial charge is 0.126 e. The van der Waals surface area contributed by atoms with Crippen molar-refractivity contribution < 1.29 is 18.6 Å². The minimum absolute atomic E-state index is 0.0299. The maximum atomic E-state index is 13.2. The summed E-state index contributed by atoms with van der Waals surface area (Å²) in [6, 6.07) is 5.01. The quantitative estimate of drug-likeness (QED) is 0.893. The van der Waals surface area contributed by atoms with Crippen molar-refractivity contribution in [1.82, 2.24) is 0 Å². The van der Waals surface area contributed by atoms with Crippen molar-refractivity contribution in [2.24, 2.45) is 5.41 Å². The van der Waals surface area contributed by atoms with Gasteiger partial charge in [-0.25, -0.2) is 8.78 Å². The van der Waals surface area contributed by atoms with Crippen LogP contribution in [0.3, 0.4) is 0 Å². The van der Waals surface area contributed by atoms with Gasteiger partial charge in [-0.15, -0.1) is 0 Å². The molecule has 3 nitrogen and oxygen atoms in total. The summed E-state index contributed by atoms with van der Waals surface area (Å²) in [7, 11) is 0. The average molecular weight is 265 g/mol. The number of fused-ring (bicyclic) bond motifs is 2. The van der Waals surface area contributed by atoms with Crippen LogP contribution in [0.15, 0.2) is 18.2 Å². The summed E-state index contributed by atoms with van der Waals surface area (Å²) >= 11 is 0.